The fourth-order valence-corrected chi connectivity index (χ4v) is 2.58. The molecule has 0 aliphatic heterocycles. The van der Waals surface area contributed by atoms with Gasteiger partial charge < -0.3 is 19.9 Å². The summed E-state index contributed by atoms with van der Waals surface area (Å²) >= 11 is 0. The number of ether oxygens (including phenoxy) is 2. The number of methoxy groups -OCH3 is 1. The lowest BCUT2D eigenvalue weighted by molar-refractivity contribution is -0.137. The number of hydrogen-bond acceptors (Lipinski definition) is 5. The van der Waals surface area contributed by atoms with Gasteiger partial charge in [0.05, 0.1) is 18.7 Å². The van der Waals surface area contributed by atoms with Gasteiger partial charge >= 0.3 is 5.97 Å². The summed E-state index contributed by atoms with van der Waals surface area (Å²) in [6.45, 7) is 3.82. The number of carboxylic acid groups (broad SMARTS) is 1. The molecule has 0 spiro atoms. The van der Waals surface area contributed by atoms with Crippen molar-refractivity contribution in [3.63, 3.8) is 0 Å². The largest absolute Gasteiger partial charge is 0.493 e. The number of nitrogens with one attached hydrogen (secondary N) is 1. The second kappa shape index (κ2) is 10.7. The van der Waals surface area contributed by atoms with Crippen LogP contribution in [0.1, 0.15) is 28.8 Å². The van der Waals surface area contributed by atoms with Crippen LogP contribution >= 0.6 is 0 Å². The van der Waals surface area contributed by atoms with Crippen LogP contribution < -0.4 is 14.8 Å². The molecule has 7 nitrogen and oxygen atoms in total. The van der Waals surface area contributed by atoms with Crippen molar-refractivity contribution in [3.05, 3.63) is 66.5 Å². The predicted molar refractivity (Wildman–Crippen MR) is 105 cm³/mol. The number of rotatable bonds is 11. The molecule has 0 fully saturated rings. The molecule has 1 amide bonds. The highest BCUT2D eigenvalue weighted by Crippen LogP contribution is 2.28. The van der Waals surface area contributed by atoms with E-state index in [0.717, 1.165) is 5.56 Å². The van der Waals surface area contributed by atoms with Crippen LogP contribution in [0, 0.1) is 0 Å². The normalized spacial score (nSPS) is 11.3. The van der Waals surface area contributed by atoms with Crippen LogP contribution in [0.4, 0.5) is 0 Å². The van der Waals surface area contributed by atoms with Crippen molar-refractivity contribution in [2.24, 2.45) is 0 Å². The van der Waals surface area contributed by atoms with Crippen molar-refractivity contribution in [1.82, 2.24) is 10.3 Å². The summed E-state index contributed by atoms with van der Waals surface area (Å²) in [7, 11) is 1.55. The average molecular weight is 384 g/mol. The molecule has 2 rings (SSSR count). The Labute approximate surface area is 164 Å². The predicted octanol–water partition coefficient (Wildman–Crippen LogP) is 2.86. The van der Waals surface area contributed by atoms with Gasteiger partial charge in [-0.3, -0.25) is 14.6 Å². The number of carbonyl (C=O) groups excluding carboxylic acids is 1. The van der Waals surface area contributed by atoms with Crippen molar-refractivity contribution in [3.8, 4) is 11.5 Å². The first-order valence-electron chi connectivity index (χ1n) is 8.86. The maximum Gasteiger partial charge on any atom is 0.303 e. The number of amides is 1. The minimum absolute atomic E-state index is 0.0866. The number of nitrogens with zero attached hydrogens (tertiary/aromatic N) is 1. The van der Waals surface area contributed by atoms with Crippen LogP contribution in [-0.2, 0) is 11.2 Å². The van der Waals surface area contributed by atoms with Crippen molar-refractivity contribution in [2.75, 3.05) is 13.7 Å². The smallest absolute Gasteiger partial charge is 0.303 e. The van der Waals surface area contributed by atoms with E-state index in [4.69, 9.17) is 14.6 Å². The van der Waals surface area contributed by atoms with E-state index in [0.29, 0.717) is 23.5 Å². The van der Waals surface area contributed by atoms with E-state index < -0.39 is 12.0 Å². The van der Waals surface area contributed by atoms with Gasteiger partial charge in [0.25, 0.3) is 5.91 Å². The number of aromatic nitrogens is 1. The first kappa shape index (κ1) is 21.0. The van der Waals surface area contributed by atoms with E-state index in [1.165, 1.54) is 6.20 Å². The molecule has 1 unspecified atom stereocenters. The van der Waals surface area contributed by atoms with E-state index in [2.05, 4.69) is 16.9 Å². The number of benzene rings is 1. The highest BCUT2D eigenvalue weighted by atomic mass is 16.5. The number of aliphatic carboxylic acids is 1. The number of hydrogen-bond donors (Lipinski definition) is 2. The Bertz CT molecular complexity index is 808. The second-order valence-corrected chi connectivity index (χ2v) is 6.13. The maximum absolute atomic E-state index is 12.4. The molecule has 1 aromatic heterocycles. The zero-order valence-corrected chi connectivity index (χ0v) is 15.8. The van der Waals surface area contributed by atoms with Crippen molar-refractivity contribution < 1.29 is 24.2 Å². The van der Waals surface area contributed by atoms with Gasteiger partial charge in [0.1, 0.15) is 6.61 Å². The molecule has 28 heavy (non-hydrogen) atoms. The summed E-state index contributed by atoms with van der Waals surface area (Å²) < 4.78 is 11.2. The topological polar surface area (TPSA) is 97.8 Å². The maximum atomic E-state index is 12.4. The molecule has 0 saturated carbocycles. The van der Waals surface area contributed by atoms with Crippen LogP contribution in [0.15, 0.2) is 55.4 Å². The average Bonchev–Trinajstić information content (AvgIpc) is 2.71. The van der Waals surface area contributed by atoms with Crippen molar-refractivity contribution >= 4 is 11.9 Å². The van der Waals surface area contributed by atoms with E-state index in [1.807, 2.05) is 12.1 Å². The summed E-state index contributed by atoms with van der Waals surface area (Å²) in [5.41, 5.74) is 1.43. The summed E-state index contributed by atoms with van der Waals surface area (Å²) in [4.78, 5) is 27.2. The first-order valence-corrected chi connectivity index (χ1v) is 8.86. The van der Waals surface area contributed by atoms with Crippen LogP contribution in [0.3, 0.4) is 0 Å². The third-order valence-corrected chi connectivity index (χ3v) is 4.01. The number of allylic oxidation sites excluding steroid dienone is 1. The molecule has 0 aliphatic carbocycles. The first-order chi connectivity index (χ1) is 13.5. The Morgan fingerprint density at radius 3 is 2.79 bits per heavy atom. The summed E-state index contributed by atoms with van der Waals surface area (Å²) in [6.07, 6.45) is 5.68. The molecule has 2 aromatic rings. The minimum atomic E-state index is -0.938. The molecule has 7 heteroatoms. The van der Waals surface area contributed by atoms with E-state index in [9.17, 15) is 9.59 Å². The number of carboxylic acids is 1. The Morgan fingerprint density at radius 1 is 1.32 bits per heavy atom. The van der Waals surface area contributed by atoms with Crippen molar-refractivity contribution in [2.45, 2.75) is 25.3 Å². The van der Waals surface area contributed by atoms with Gasteiger partial charge in [-0.1, -0.05) is 12.1 Å². The Morgan fingerprint density at radius 2 is 2.14 bits per heavy atom. The van der Waals surface area contributed by atoms with E-state index in [1.54, 1.807) is 37.6 Å². The van der Waals surface area contributed by atoms with Crippen LogP contribution in [0.5, 0.6) is 11.5 Å². The summed E-state index contributed by atoms with van der Waals surface area (Å²) in [6, 6.07) is 8.36. The molecule has 0 saturated heterocycles. The molecular formula is C21H24N2O5. The fourth-order valence-electron chi connectivity index (χ4n) is 2.58. The molecule has 0 aliphatic rings. The van der Waals surface area contributed by atoms with Gasteiger partial charge in [0, 0.05) is 18.8 Å². The van der Waals surface area contributed by atoms with Gasteiger partial charge in [-0.25, -0.2) is 0 Å². The lowest BCUT2D eigenvalue weighted by Gasteiger charge is -2.20. The summed E-state index contributed by atoms with van der Waals surface area (Å²) in [5, 5.41) is 11.8. The number of pyridine rings is 1. The van der Waals surface area contributed by atoms with Crippen LogP contribution in [0.25, 0.3) is 0 Å². The molecule has 148 valence electrons. The quantitative estimate of drug-likeness (QED) is 0.578. The zero-order chi connectivity index (χ0) is 20.4. The Kier molecular flexibility index (Phi) is 8.02. The van der Waals surface area contributed by atoms with Gasteiger partial charge in [-0.05, 0) is 42.7 Å². The second-order valence-electron chi connectivity index (χ2n) is 6.13. The van der Waals surface area contributed by atoms with E-state index >= 15 is 0 Å². The molecule has 0 bridgehead atoms. The van der Waals surface area contributed by atoms with Gasteiger partial charge in [0.2, 0.25) is 0 Å². The molecule has 1 atom stereocenters. The molecule has 0 radical (unpaired) electrons. The molecular weight excluding hydrogens is 360 g/mol. The fraction of sp³-hybridized carbons (Fsp3) is 0.286. The number of carbonyl (C=O) groups is 2. The monoisotopic (exact) mass is 384 g/mol. The summed E-state index contributed by atoms with van der Waals surface area (Å²) in [5.74, 6) is -0.187. The molecule has 1 heterocycles. The zero-order valence-electron chi connectivity index (χ0n) is 15.8. The highest BCUT2D eigenvalue weighted by molar-refractivity contribution is 5.94. The van der Waals surface area contributed by atoms with E-state index in [-0.39, 0.29) is 25.4 Å². The lowest BCUT2D eigenvalue weighted by Crippen LogP contribution is -2.39. The van der Waals surface area contributed by atoms with Gasteiger partial charge in [-0.2, -0.15) is 0 Å². The SMILES string of the molecule is C=CCc1ccc(OCC(CCC(=O)O)NC(=O)c2cccnc2)c(OC)c1. The lowest BCUT2D eigenvalue weighted by atomic mass is 10.1. The van der Waals surface area contributed by atoms with Crippen molar-refractivity contribution in [1.29, 1.82) is 0 Å². The van der Waals surface area contributed by atoms with Gasteiger partial charge in [0.15, 0.2) is 11.5 Å². The third-order valence-electron chi connectivity index (χ3n) is 4.01. The molecule has 2 N–H and O–H groups in total. The molecule has 1 aromatic carbocycles. The van der Waals surface area contributed by atoms with Crippen LogP contribution in [0.2, 0.25) is 0 Å². The third kappa shape index (κ3) is 6.42. The minimum Gasteiger partial charge on any atom is -0.493 e. The highest BCUT2D eigenvalue weighted by Gasteiger charge is 2.17. The van der Waals surface area contributed by atoms with Crippen LogP contribution in [-0.4, -0.2) is 41.7 Å². The standard InChI is InChI=1S/C21H24N2O5/c1-3-5-15-7-9-18(19(12-15)27-2)28-14-17(8-10-20(24)25)23-21(26)16-6-4-11-22-13-16/h3-4,6-7,9,11-13,17H,1,5,8,10,14H2,2H3,(H,23,26)(H,24,25). The van der Waals surface area contributed by atoms with Gasteiger partial charge in [-0.15, -0.1) is 6.58 Å². The Hall–Kier alpha value is -3.35. The Balaban J connectivity index is 2.06.